The molecule has 1 N–H and O–H groups in total. The van der Waals surface area contributed by atoms with Crippen molar-refractivity contribution in [2.75, 3.05) is 0 Å². The molecule has 1 aromatic heterocycles. The zero-order chi connectivity index (χ0) is 17.1. The molecule has 6 nitrogen and oxygen atoms in total. The van der Waals surface area contributed by atoms with Crippen LogP contribution in [0.4, 0.5) is 0 Å². The minimum Gasteiger partial charge on any atom is -0.325 e. The summed E-state index contributed by atoms with van der Waals surface area (Å²) in [6.07, 6.45) is 9.60. The first-order chi connectivity index (χ1) is 11.6. The predicted octanol–water partition coefficient (Wildman–Crippen LogP) is 2.61. The van der Waals surface area contributed by atoms with E-state index in [-0.39, 0.29) is 17.7 Å². The molecular formula is C17H18N4O2S. The second-order valence-corrected chi connectivity index (χ2v) is 6.39. The van der Waals surface area contributed by atoms with Gasteiger partial charge in [0.15, 0.2) is 0 Å². The number of hydrogen-bond acceptors (Lipinski definition) is 5. The van der Waals surface area contributed by atoms with Gasteiger partial charge < -0.3 is 5.32 Å². The molecule has 24 heavy (non-hydrogen) atoms. The van der Waals surface area contributed by atoms with Crippen LogP contribution in [0.3, 0.4) is 0 Å². The molecule has 1 aliphatic heterocycles. The number of carbonyl (C=O) groups is 2. The molecule has 1 unspecified atom stereocenters. The number of amides is 2. The summed E-state index contributed by atoms with van der Waals surface area (Å²) in [6, 6.07) is 0. The first-order valence-corrected chi connectivity index (χ1v) is 8.75. The molecule has 1 atom stereocenters. The molecular weight excluding hydrogens is 324 g/mol. The average molecular weight is 342 g/mol. The van der Waals surface area contributed by atoms with Gasteiger partial charge in [-0.15, -0.1) is 5.10 Å². The van der Waals surface area contributed by atoms with E-state index in [9.17, 15) is 9.59 Å². The normalized spacial score (nSPS) is 21.2. The van der Waals surface area contributed by atoms with E-state index in [1.807, 2.05) is 26.0 Å². The molecule has 0 spiro atoms. The maximum Gasteiger partial charge on any atom is 0.291 e. The topological polar surface area (TPSA) is 84.3 Å². The molecule has 7 heteroatoms. The van der Waals surface area contributed by atoms with E-state index in [4.69, 9.17) is 0 Å². The van der Waals surface area contributed by atoms with Crippen LogP contribution in [0.2, 0.25) is 0 Å². The number of hydrogen-bond donors (Lipinski definition) is 1. The third kappa shape index (κ3) is 3.26. The van der Waals surface area contributed by atoms with E-state index in [0.717, 1.165) is 35.6 Å². The monoisotopic (exact) mass is 342 g/mol. The van der Waals surface area contributed by atoms with Gasteiger partial charge in [0.05, 0.1) is 11.4 Å². The van der Waals surface area contributed by atoms with E-state index in [2.05, 4.69) is 19.9 Å². The van der Waals surface area contributed by atoms with Crippen molar-refractivity contribution in [2.45, 2.75) is 33.1 Å². The van der Waals surface area contributed by atoms with Crippen molar-refractivity contribution in [3.8, 4) is 0 Å². The summed E-state index contributed by atoms with van der Waals surface area (Å²) in [4.78, 5) is 28.8. The fourth-order valence-corrected chi connectivity index (χ4v) is 3.39. The largest absolute Gasteiger partial charge is 0.325 e. The SMILES string of the molecule is CCCc1nnsc1C(=O)N=C1C=CC2C(CC)=CC(=O)NC2=C1. The van der Waals surface area contributed by atoms with Gasteiger partial charge in [-0.2, -0.15) is 0 Å². The summed E-state index contributed by atoms with van der Waals surface area (Å²) >= 11 is 1.07. The second kappa shape index (κ2) is 7.00. The van der Waals surface area contributed by atoms with Crippen molar-refractivity contribution >= 4 is 29.1 Å². The maximum absolute atomic E-state index is 12.4. The zero-order valence-corrected chi connectivity index (χ0v) is 14.4. The quantitative estimate of drug-likeness (QED) is 0.911. The Bertz CT molecular complexity index is 801. The van der Waals surface area contributed by atoms with Crippen molar-refractivity contribution in [3.63, 3.8) is 0 Å². The van der Waals surface area contributed by atoms with Crippen LogP contribution in [0.5, 0.6) is 0 Å². The first kappa shape index (κ1) is 16.4. The van der Waals surface area contributed by atoms with Crippen LogP contribution >= 0.6 is 11.5 Å². The van der Waals surface area contributed by atoms with Gasteiger partial charge in [0.25, 0.3) is 5.91 Å². The number of allylic oxidation sites excluding steroid dienone is 3. The fourth-order valence-electron chi connectivity index (χ4n) is 2.80. The van der Waals surface area contributed by atoms with E-state index in [0.29, 0.717) is 22.7 Å². The van der Waals surface area contributed by atoms with Gasteiger partial charge in [0.1, 0.15) is 4.88 Å². The van der Waals surface area contributed by atoms with Gasteiger partial charge >= 0.3 is 0 Å². The molecule has 0 bridgehead atoms. The summed E-state index contributed by atoms with van der Waals surface area (Å²) in [5.41, 5.74) is 3.05. The van der Waals surface area contributed by atoms with Gasteiger partial charge in [-0.3, -0.25) is 9.59 Å². The maximum atomic E-state index is 12.4. The minimum absolute atomic E-state index is 0.0578. The molecule has 0 saturated heterocycles. The second-order valence-electron chi connectivity index (χ2n) is 5.64. The molecule has 0 radical (unpaired) electrons. The molecule has 2 heterocycles. The standard InChI is InChI=1S/C17H18N4O2S/c1-3-5-13-16(24-21-20-13)17(23)18-11-6-7-12-10(4-2)8-15(22)19-14(12)9-11/h6-9,12H,3-5H2,1-2H3,(H,19,22). The summed E-state index contributed by atoms with van der Waals surface area (Å²) in [7, 11) is 0. The zero-order valence-electron chi connectivity index (χ0n) is 13.6. The summed E-state index contributed by atoms with van der Waals surface area (Å²) in [6.45, 7) is 4.05. The molecule has 0 fully saturated rings. The molecule has 0 aromatic carbocycles. The van der Waals surface area contributed by atoms with Crippen molar-refractivity contribution < 1.29 is 9.59 Å². The Morgan fingerprint density at radius 2 is 2.21 bits per heavy atom. The minimum atomic E-state index is -0.336. The lowest BCUT2D eigenvalue weighted by molar-refractivity contribution is -0.116. The molecule has 1 aliphatic carbocycles. The van der Waals surface area contributed by atoms with Crippen LogP contribution in [0.25, 0.3) is 0 Å². The van der Waals surface area contributed by atoms with Crippen LogP contribution in [0.1, 0.15) is 42.1 Å². The lowest BCUT2D eigenvalue weighted by Gasteiger charge is -2.26. The van der Waals surface area contributed by atoms with Gasteiger partial charge in [0, 0.05) is 17.7 Å². The highest BCUT2D eigenvalue weighted by Crippen LogP contribution is 2.29. The Kier molecular flexibility index (Phi) is 4.80. The molecule has 0 saturated carbocycles. The van der Waals surface area contributed by atoms with Gasteiger partial charge in [-0.05, 0) is 36.5 Å². The Morgan fingerprint density at radius 1 is 1.38 bits per heavy atom. The van der Waals surface area contributed by atoms with Crippen LogP contribution in [0, 0.1) is 5.92 Å². The lowest BCUT2D eigenvalue weighted by atomic mass is 9.86. The predicted molar refractivity (Wildman–Crippen MR) is 92.9 cm³/mol. The van der Waals surface area contributed by atoms with Crippen molar-refractivity contribution in [2.24, 2.45) is 10.9 Å². The van der Waals surface area contributed by atoms with E-state index < -0.39 is 0 Å². The smallest absolute Gasteiger partial charge is 0.291 e. The number of aliphatic imine (C=N–C) groups is 1. The Balaban J connectivity index is 1.85. The van der Waals surface area contributed by atoms with Crippen LogP contribution in [0.15, 0.2) is 40.6 Å². The van der Waals surface area contributed by atoms with Gasteiger partial charge in [-0.1, -0.05) is 36.4 Å². The highest BCUT2D eigenvalue weighted by molar-refractivity contribution is 7.08. The van der Waals surface area contributed by atoms with E-state index in [1.54, 1.807) is 12.2 Å². The number of nitrogens with zero attached hydrogens (tertiary/aromatic N) is 3. The summed E-state index contributed by atoms with van der Waals surface area (Å²) in [5, 5.41) is 6.83. The number of carbonyl (C=O) groups excluding carboxylic acids is 2. The van der Waals surface area contributed by atoms with Gasteiger partial charge in [0.2, 0.25) is 5.91 Å². The molecule has 1 aromatic rings. The third-order valence-electron chi connectivity index (χ3n) is 3.96. The molecule has 2 amide bonds. The van der Waals surface area contributed by atoms with E-state index in [1.165, 1.54) is 0 Å². The number of aromatic nitrogens is 2. The summed E-state index contributed by atoms with van der Waals surface area (Å²) in [5.74, 6) is -0.411. The fraction of sp³-hybridized carbons (Fsp3) is 0.353. The first-order valence-electron chi connectivity index (χ1n) is 7.97. The average Bonchev–Trinajstić information content (AvgIpc) is 3.02. The lowest BCUT2D eigenvalue weighted by Crippen LogP contribution is -2.33. The summed E-state index contributed by atoms with van der Waals surface area (Å²) < 4.78 is 3.86. The Labute approximate surface area is 144 Å². The van der Waals surface area contributed by atoms with Crippen molar-refractivity contribution in [1.82, 2.24) is 14.9 Å². The van der Waals surface area contributed by atoms with Crippen LogP contribution in [-0.2, 0) is 11.2 Å². The van der Waals surface area contributed by atoms with E-state index >= 15 is 0 Å². The molecule has 124 valence electrons. The number of fused-ring (bicyclic) bond motifs is 1. The Hall–Kier alpha value is -2.41. The Morgan fingerprint density at radius 3 is 2.96 bits per heavy atom. The van der Waals surface area contributed by atoms with Crippen molar-refractivity contribution in [3.05, 3.63) is 46.1 Å². The number of rotatable bonds is 4. The third-order valence-corrected chi connectivity index (χ3v) is 4.71. The van der Waals surface area contributed by atoms with Crippen LogP contribution < -0.4 is 5.32 Å². The number of aryl methyl sites for hydroxylation is 1. The molecule has 3 rings (SSSR count). The number of nitrogens with one attached hydrogen (secondary N) is 1. The highest BCUT2D eigenvalue weighted by atomic mass is 32.1. The van der Waals surface area contributed by atoms with Crippen LogP contribution in [-0.4, -0.2) is 27.1 Å². The van der Waals surface area contributed by atoms with Crippen molar-refractivity contribution in [1.29, 1.82) is 0 Å². The molecule has 2 aliphatic rings. The highest BCUT2D eigenvalue weighted by Gasteiger charge is 2.25. The van der Waals surface area contributed by atoms with Gasteiger partial charge in [-0.25, -0.2) is 4.99 Å².